The first-order valence-corrected chi connectivity index (χ1v) is 9.81. The van der Waals surface area contributed by atoms with Crippen LogP contribution in [0, 0.1) is 13.8 Å². The highest BCUT2D eigenvalue weighted by Crippen LogP contribution is 2.32. The first kappa shape index (κ1) is 19.1. The van der Waals surface area contributed by atoms with Crippen LogP contribution in [-0.2, 0) is 6.54 Å². The average Bonchev–Trinajstić information content (AvgIpc) is 3.01. The van der Waals surface area contributed by atoms with Gasteiger partial charge in [-0.15, -0.1) is 0 Å². The molecule has 0 saturated carbocycles. The van der Waals surface area contributed by atoms with E-state index in [1.165, 1.54) is 0 Å². The third kappa shape index (κ3) is 3.97. The van der Waals surface area contributed by atoms with Gasteiger partial charge in [0.25, 0.3) is 5.91 Å². The van der Waals surface area contributed by atoms with Crippen molar-refractivity contribution in [3.05, 3.63) is 76.6 Å². The molecule has 2 heterocycles. The molecule has 150 valence electrons. The van der Waals surface area contributed by atoms with Crippen LogP contribution in [0.1, 0.15) is 45.8 Å². The molecule has 0 radical (unpaired) electrons. The molecule has 0 spiro atoms. The molecule has 0 saturated heterocycles. The van der Waals surface area contributed by atoms with Gasteiger partial charge in [0, 0.05) is 5.69 Å². The van der Waals surface area contributed by atoms with Gasteiger partial charge in [0.1, 0.15) is 13.2 Å². The zero-order valence-corrected chi connectivity index (χ0v) is 16.9. The van der Waals surface area contributed by atoms with Crippen molar-refractivity contribution >= 4 is 5.91 Å². The fourth-order valence-electron chi connectivity index (χ4n) is 3.62. The molecule has 1 N–H and O–H groups in total. The maximum atomic E-state index is 13.0. The molecule has 3 aromatic rings. The Morgan fingerprint density at radius 2 is 1.83 bits per heavy atom. The minimum Gasteiger partial charge on any atom is -0.486 e. The highest BCUT2D eigenvalue weighted by atomic mass is 16.6. The molecule has 4 rings (SSSR count). The number of nitrogens with one attached hydrogen (secondary N) is 1. The van der Waals surface area contributed by atoms with Gasteiger partial charge >= 0.3 is 0 Å². The predicted octanol–water partition coefficient (Wildman–Crippen LogP) is 3.81. The monoisotopic (exact) mass is 391 g/mol. The fraction of sp³-hybridized carbons (Fsp3) is 0.304. The van der Waals surface area contributed by atoms with Gasteiger partial charge in [-0.3, -0.25) is 9.48 Å². The van der Waals surface area contributed by atoms with E-state index in [0.717, 1.165) is 34.0 Å². The minimum atomic E-state index is -0.172. The molecule has 1 amide bonds. The highest BCUT2D eigenvalue weighted by Gasteiger charge is 2.21. The number of nitrogens with zero attached hydrogens (tertiary/aromatic N) is 2. The average molecular weight is 391 g/mol. The van der Waals surface area contributed by atoms with Crippen LogP contribution in [0.5, 0.6) is 11.5 Å². The molecule has 0 fully saturated rings. The fourth-order valence-corrected chi connectivity index (χ4v) is 3.62. The summed E-state index contributed by atoms with van der Waals surface area (Å²) < 4.78 is 13.1. The Kier molecular flexibility index (Phi) is 5.25. The predicted molar refractivity (Wildman–Crippen MR) is 111 cm³/mol. The van der Waals surface area contributed by atoms with Gasteiger partial charge in [-0.25, -0.2) is 0 Å². The zero-order chi connectivity index (χ0) is 20.4. The summed E-state index contributed by atoms with van der Waals surface area (Å²) in [6.07, 6.45) is 0. The van der Waals surface area contributed by atoms with Crippen LogP contribution in [0.3, 0.4) is 0 Å². The quantitative estimate of drug-likeness (QED) is 0.718. The van der Waals surface area contributed by atoms with Gasteiger partial charge in [0.2, 0.25) is 0 Å². The van der Waals surface area contributed by atoms with E-state index in [9.17, 15) is 4.79 Å². The van der Waals surface area contributed by atoms with E-state index in [0.29, 0.717) is 25.3 Å². The lowest BCUT2D eigenvalue weighted by Gasteiger charge is -2.21. The van der Waals surface area contributed by atoms with Crippen molar-refractivity contribution in [3.8, 4) is 11.5 Å². The van der Waals surface area contributed by atoms with Crippen molar-refractivity contribution in [2.45, 2.75) is 33.4 Å². The number of amides is 1. The van der Waals surface area contributed by atoms with E-state index in [1.54, 1.807) is 0 Å². The summed E-state index contributed by atoms with van der Waals surface area (Å²) in [7, 11) is 0. The molecule has 1 atom stereocenters. The van der Waals surface area contributed by atoms with Crippen LogP contribution in [-0.4, -0.2) is 28.9 Å². The molecule has 0 aliphatic carbocycles. The summed E-state index contributed by atoms with van der Waals surface area (Å²) >= 11 is 0. The lowest BCUT2D eigenvalue weighted by molar-refractivity contribution is 0.0938. The zero-order valence-electron chi connectivity index (χ0n) is 16.9. The normalized spacial score (nSPS) is 13.8. The molecule has 2 aromatic carbocycles. The summed E-state index contributed by atoms with van der Waals surface area (Å²) in [5, 5.41) is 7.67. The smallest absolute Gasteiger partial charge is 0.255 e. The van der Waals surface area contributed by atoms with E-state index in [1.807, 2.05) is 61.9 Å². The molecule has 1 aromatic heterocycles. The van der Waals surface area contributed by atoms with E-state index in [2.05, 4.69) is 22.5 Å². The molecule has 1 aliphatic rings. The van der Waals surface area contributed by atoms with Crippen molar-refractivity contribution < 1.29 is 14.3 Å². The number of carbonyl (C=O) groups excluding carboxylic acids is 1. The molecule has 1 unspecified atom stereocenters. The molecular formula is C23H25N3O3. The number of ether oxygens (including phenoxy) is 2. The lowest BCUT2D eigenvalue weighted by Crippen LogP contribution is -2.28. The summed E-state index contributed by atoms with van der Waals surface area (Å²) in [6.45, 7) is 7.51. The summed E-state index contributed by atoms with van der Waals surface area (Å²) in [5.41, 5.74) is 4.33. The topological polar surface area (TPSA) is 65.4 Å². The van der Waals surface area contributed by atoms with Crippen LogP contribution in [0.2, 0.25) is 0 Å². The second kappa shape index (κ2) is 7.99. The van der Waals surface area contributed by atoms with Crippen LogP contribution < -0.4 is 14.8 Å². The summed E-state index contributed by atoms with van der Waals surface area (Å²) in [4.78, 5) is 13.0. The Morgan fingerprint density at radius 1 is 1.10 bits per heavy atom. The molecule has 6 nitrogen and oxygen atoms in total. The standard InChI is InChI=1S/C23H25N3O3/c1-15(19-9-10-20-21(13-19)29-12-11-28-20)24-23(27)22-16(2)25-26(17(22)3)14-18-7-5-4-6-8-18/h4-10,13,15H,11-12,14H2,1-3H3,(H,24,27). The number of hydrogen-bond donors (Lipinski definition) is 1. The number of carbonyl (C=O) groups is 1. The Labute approximate surface area is 170 Å². The van der Waals surface area contributed by atoms with Crippen molar-refractivity contribution in [2.24, 2.45) is 0 Å². The molecule has 29 heavy (non-hydrogen) atoms. The van der Waals surface area contributed by atoms with Gasteiger partial charge in [0.15, 0.2) is 11.5 Å². The number of rotatable bonds is 5. The van der Waals surface area contributed by atoms with Crippen molar-refractivity contribution in [3.63, 3.8) is 0 Å². The molecule has 0 bridgehead atoms. The van der Waals surface area contributed by atoms with Crippen molar-refractivity contribution in [2.75, 3.05) is 13.2 Å². The number of fused-ring (bicyclic) bond motifs is 1. The van der Waals surface area contributed by atoms with Gasteiger partial charge in [-0.2, -0.15) is 5.10 Å². The first-order chi connectivity index (χ1) is 14.0. The van der Waals surface area contributed by atoms with Crippen LogP contribution in [0.25, 0.3) is 0 Å². The Hall–Kier alpha value is -3.28. The number of hydrogen-bond acceptors (Lipinski definition) is 4. The van der Waals surface area contributed by atoms with Gasteiger partial charge in [-0.1, -0.05) is 36.4 Å². The van der Waals surface area contributed by atoms with Gasteiger partial charge < -0.3 is 14.8 Å². The highest BCUT2D eigenvalue weighted by molar-refractivity contribution is 5.96. The number of aromatic nitrogens is 2. The Morgan fingerprint density at radius 3 is 2.59 bits per heavy atom. The van der Waals surface area contributed by atoms with Crippen LogP contribution in [0.4, 0.5) is 0 Å². The maximum absolute atomic E-state index is 13.0. The Bertz CT molecular complexity index is 1030. The van der Waals surface area contributed by atoms with Crippen LogP contribution in [0.15, 0.2) is 48.5 Å². The van der Waals surface area contributed by atoms with E-state index in [-0.39, 0.29) is 11.9 Å². The maximum Gasteiger partial charge on any atom is 0.255 e. The van der Waals surface area contributed by atoms with Crippen molar-refractivity contribution in [1.29, 1.82) is 0 Å². The lowest BCUT2D eigenvalue weighted by atomic mass is 10.1. The number of benzene rings is 2. The second-order valence-corrected chi connectivity index (χ2v) is 7.29. The second-order valence-electron chi connectivity index (χ2n) is 7.29. The summed E-state index contributed by atoms with van der Waals surface area (Å²) in [6, 6.07) is 15.7. The summed E-state index contributed by atoms with van der Waals surface area (Å²) in [5.74, 6) is 1.34. The van der Waals surface area contributed by atoms with Gasteiger partial charge in [-0.05, 0) is 44.0 Å². The third-order valence-electron chi connectivity index (χ3n) is 5.20. The van der Waals surface area contributed by atoms with Crippen LogP contribution >= 0.6 is 0 Å². The third-order valence-corrected chi connectivity index (χ3v) is 5.20. The van der Waals surface area contributed by atoms with Crippen molar-refractivity contribution in [1.82, 2.24) is 15.1 Å². The Balaban J connectivity index is 1.51. The number of aryl methyl sites for hydroxylation is 1. The SMILES string of the molecule is Cc1nn(Cc2ccccc2)c(C)c1C(=O)NC(C)c1ccc2c(c1)OCCO2. The molecule has 1 aliphatic heterocycles. The largest absolute Gasteiger partial charge is 0.486 e. The van der Waals surface area contributed by atoms with Gasteiger partial charge in [0.05, 0.1) is 23.8 Å². The first-order valence-electron chi connectivity index (χ1n) is 9.81. The molecular weight excluding hydrogens is 366 g/mol. The van der Waals surface area contributed by atoms with E-state index < -0.39 is 0 Å². The molecule has 6 heteroatoms. The van der Waals surface area contributed by atoms with E-state index >= 15 is 0 Å². The minimum absolute atomic E-state index is 0.123. The van der Waals surface area contributed by atoms with E-state index in [4.69, 9.17) is 9.47 Å².